The van der Waals surface area contributed by atoms with Gasteiger partial charge in [0.2, 0.25) is 0 Å². The van der Waals surface area contributed by atoms with Gasteiger partial charge in [0.15, 0.2) is 12.4 Å². The van der Waals surface area contributed by atoms with Gasteiger partial charge in [-0.2, -0.15) is 0 Å². The molecule has 1 amide bonds. The molecule has 1 aliphatic heterocycles. The lowest BCUT2D eigenvalue weighted by molar-refractivity contribution is -0.133. The summed E-state index contributed by atoms with van der Waals surface area (Å²) in [7, 11) is 0. The minimum absolute atomic E-state index is 0.0763. The fraction of sp³-hybridized carbons (Fsp3) is 0.231. The van der Waals surface area contributed by atoms with Gasteiger partial charge in [-0.1, -0.05) is 30.3 Å². The van der Waals surface area contributed by atoms with Crippen molar-refractivity contribution in [2.45, 2.75) is 6.92 Å². The second-order valence-electron chi connectivity index (χ2n) is 8.21. The summed E-state index contributed by atoms with van der Waals surface area (Å²) in [6, 6.07) is 20.6. The van der Waals surface area contributed by atoms with Crippen LogP contribution < -0.4 is 15.3 Å². The largest absolute Gasteiger partial charge is 0.484 e. The van der Waals surface area contributed by atoms with Crippen LogP contribution in [-0.2, 0) is 4.79 Å². The number of carbonyl (C=O) groups excluding carboxylic acids is 1. The van der Waals surface area contributed by atoms with E-state index in [0.717, 1.165) is 28.0 Å². The zero-order valence-corrected chi connectivity index (χ0v) is 18.8. The molecule has 172 valence electrons. The number of amides is 1. The van der Waals surface area contributed by atoms with E-state index in [0.29, 0.717) is 37.5 Å². The Labute approximate surface area is 196 Å². The fourth-order valence-corrected chi connectivity index (χ4v) is 4.07. The van der Waals surface area contributed by atoms with Crippen LogP contribution in [0.4, 0.5) is 5.82 Å². The minimum atomic E-state index is -0.407. The molecule has 0 unspecified atom stereocenters. The molecule has 1 aliphatic rings. The summed E-state index contributed by atoms with van der Waals surface area (Å²) in [4.78, 5) is 28.2. The number of benzene rings is 2. The lowest BCUT2D eigenvalue weighted by Gasteiger charge is -2.35. The molecule has 0 atom stereocenters. The number of anilines is 1. The van der Waals surface area contributed by atoms with Gasteiger partial charge in [0.05, 0.1) is 5.69 Å². The van der Waals surface area contributed by atoms with Crippen LogP contribution in [0.1, 0.15) is 5.56 Å². The third-order valence-electron chi connectivity index (χ3n) is 5.96. The van der Waals surface area contributed by atoms with E-state index in [1.807, 2.05) is 55.5 Å². The maximum atomic E-state index is 12.7. The predicted octanol–water partition coefficient (Wildman–Crippen LogP) is 3.29. The second-order valence-corrected chi connectivity index (χ2v) is 8.21. The van der Waals surface area contributed by atoms with Crippen LogP contribution in [0.5, 0.6) is 5.75 Å². The van der Waals surface area contributed by atoms with E-state index in [2.05, 4.69) is 15.1 Å². The average molecular weight is 457 g/mol. The number of carbonyl (C=O) groups is 1. The monoisotopic (exact) mass is 456 g/mol. The lowest BCUT2D eigenvalue weighted by atomic mass is 10.1. The molecule has 2 aromatic heterocycles. The van der Waals surface area contributed by atoms with Gasteiger partial charge in [0, 0.05) is 49.3 Å². The van der Waals surface area contributed by atoms with Gasteiger partial charge in [-0.05, 0) is 36.8 Å². The average Bonchev–Trinajstić information content (AvgIpc) is 2.87. The molecular weight excluding hydrogens is 432 g/mol. The van der Waals surface area contributed by atoms with Crippen LogP contribution in [0.15, 0.2) is 75.9 Å². The molecular formula is C26H24N4O4. The van der Waals surface area contributed by atoms with Crippen molar-refractivity contribution in [2.75, 3.05) is 37.7 Å². The van der Waals surface area contributed by atoms with Crippen molar-refractivity contribution in [3.8, 4) is 17.0 Å². The van der Waals surface area contributed by atoms with Crippen LogP contribution in [0, 0.1) is 6.92 Å². The zero-order valence-electron chi connectivity index (χ0n) is 18.8. The van der Waals surface area contributed by atoms with E-state index in [4.69, 9.17) is 9.15 Å². The molecule has 0 radical (unpaired) electrons. The number of aryl methyl sites for hydroxylation is 1. The summed E-state index contributed by atoms with van der Waals surface area (Å²) < 4.78 is 10.9. The lowest BCUT2D eigenvalue weighted by Crippen LogP contribution is -2.50. The number of rotatable bonds is 5. The Balaban J connectivity index is 1.15. The molecule has 1 saturated heterocycles. The Morgan fingerprint density at radius 2 is 1.76 bits per heavy atom. The first-order valence-corrected chi connectivity index (χ1v) is 11.2. The molecule has 34 heavy (non-hydrogen) atoms. The Bertz CT molecular complexity index is 1360. The highest BCUT2D eigenvalue weighted by molar-refractivity contribution is 5.82. The first-order valence-electron chi connectivity index (χ1n) is 11.2. The summed E-state index contributed by atoms with van der Waals surface area (Å²) in [5, 5.41) is 9.57. The Morgan fingerprint density at radius 1 is 0.971 bits per heavy atom. The zero-order chi connectivity index (χ0) is 23.5. The molecule has 4 aromatic rings. The maximum absolute atomic E-state index is 12.7. The molecule has 8 heteroatoms. The molecule has 0 bridgehead atoms. The van der Waals surface area contributed by atoms with Crippen molar-refractivity contribution < 1.29 is 13.9 Å². The van der Waals surface area contributed by atoms with Crippen molar-refractivity contribution in [2.24, 2.45) is 0 Å². The van der Waals surface area contributed by atoms with Gasteiger partial charge in [-0.25, -0.2) is 4.79 Å². The summed E-state index contributed by atoms with van der Waals surface area (Å²) in [6.45, 7) is 4.28. The van der Waals surface area contributed by atoms with Crippen molar-refractivity contribution in [1.29, 1.82) is 0 Å². The molecule has 5 rings (SSSR count). The number of aromatic nitrogens is 2. The standard InChI is InChI=1S/C26H24N4O4/c1-18-15-26(32)34-23-16-20(7-8-21(18)23)33-17-25(31)30-13-11-29(12-14-30)24-10-9-22(27-28-24)19-5-3-2-4-6-19/h2-10,15-16H,11-14,17H2,1H3. The van der Waals surface area contributed by atoms with E-state index in [1.54, 1.807) is 17.0 Å². The van der Waals surface area contributed by atoms with Crippen LogP contribution in [0.2, 0.25) is 0 Å². The highest BCUT2D eigenvalue weighted by Gasteiger charge is 2.22. The second kappa shape index (κ2) is 9.35. The van der Waals surface area contributed by atoms with Crippen molar-refractivity contribution >= 4 is 22.7 Å². The summed E-state index contributed by atoms with van der Waals surface area (Å²) in [5.74, 6) is 1.20. The molecule has 3 heterocycles. The Kier molecular flexibility index (Phi) is 5.95. The quantitative estimate of drug-likeness (QED) is 0.426. The van der Waals surface area contributed by atoms with Crippen molar-refractivity contribution in [3.63, 3.8) is 0 Å². The SMILES string of the molecule is Cc1cc(=O)oc2cc(OCC(=O)N3CCN(c4ccc(-c5ccccc5)nn4)CC3)ccc12. The maximum Gasteiger partial charge on any atom is 0.336 e. The topological polar surface area (TPSA) is 88.8 Å². The highest BCUT2D eigenvalue weighted by atomic mass is 16.5. The molecule has 0 aliphatic carbocycles. The number of piperazine rings is 1. The van der Waals surface area contributed by atoms with Crippen LogP contribution in [-0.4, -0.2) is 53.8 Å². The van der Waals surface area contributed by atoms with Gasteiger partial charge in [0.25, 0.3) is 5.91 Å². The van der Waals surface area contributed by atoms with Crippen LogP contribution in [0.3, 0.4) is 0 Å². The smallest absolute Gasteiger partial charge is 0.336 e. The third kappa shape index (κ3) is 4.61. The number of nitrogens with zero attached hydrogens (tertiary/aromatic N) is 4. The third-order valence-corrected chi connectivity index (χ3v) is 5.96. The van der Waals surface area contributed by atoms with Gasteiger partial charge >= 0.3 is 5.63 Å². The van der Waals surface area contributed by atoms with Crippen LogP contribution in [0.25, 0.3) is 22.2 Å². The Morgan fingerprint density at radius 3 is 2.50 bits per heavy atom. The molecule has 1 fully saturated rings. The van der Waals surface area contributed by atoms with Gasteiger partial charge in [0.1, 0.15) is 11.3 Å². The number of ether oxygens (including phenoxy) is 1. The fourth-order valence-electron chi connectivity index (χ4n) is 4.07. The van der Waals surface area contributed by atoms with E-state index < -0.39 is 5.63 Å². The number of fused-ring (bicyclic) bond motifs is 1. The predicted molar refractivity (Wildman–Crippen MR) is 129 cm³/mol. The summed E-state index contributed by atoms with van der Waals surface area (Å²) in [5.41, 5.74) is 2.74. The molecule has 0 saturated carbocycles. The first kappa shape index (κ1) is 21.6. The molecule has 0 spiro atoms. The Hall–Kier alpha value is -4.20. The molecule has 0 N–H and O–H groups in total. The van der Waals surface area contributed by atoms with Crippen molar-refractivity contribution in [3.05, 3.63) is 82.7 Å². The normalized spacial score (nSPS) is 13.8. The van der Waals surface area contributed by atoms with E-state index in [9.17, 15) is 9.59 Å². The molecule has 8 nitrogen and oxygen atoms in total. The van der Waals surface area contributed by atoms with E-state index in [1.165, 1.54) is 6.07 Å². The highest BCUT2D eigenvalue weighted by Crippen LogP contribution is 2.23. The van der Waals surface area contributed by atoms with Crippen molar-refractivity contribution in [1.82, 2.24) is 15.1 Å². The van der Waals surface area contributed by atoms with E-state index in [-0.39, 0.29) is 12.5 Å². The van der Waals surface area contributed by atoms with Gasteiger partial charge < -0.3 is 19.0 Å². The van der Waals surface area contributed by atoms with Gasteiger partial charge in [-0.3, -0.25) is 4.79 Å². The summed E-state index contributed by atoms with van der Waals surface area (Å²) >= 11 is 0. The summed E-state index contributed by atoms with van der Waals surface area (Å²) in [6.07, 6.45) is 0. The number of hydrogen-bond donors (Lipinski definition) is 0. The van der Waals surface area contributed by atoms with Gasteiger partial charge in [-0.15, -0.1) is 10.2 Å². The van der Waals surface area contributed by atoms with Crippen LogP contribution >= 0.6 is 0 Å². The molecule has 2 aromatic carbocycles. The van der Waals surface area contributed by atoms with E-state index >= 15 is 0 Å². The first-order chi connectivity index (χ1) is 16.6. The minimum Gasteiger partial charge on any atom is -0.484 e. The number of hydrogen-bond acceptors (Lipinski definition) is 7.